The van der Waals surface area contributed by atoms with Crippen molar-refractivity contribution >= 4 is 11.8 Å². The monoisotopic (exact) mass is 372 g/mol. The zero-order valence-electron chi connectivity index (χ0n) is 15.0. The van der Waals surface area contributed by atoms with Crippen molar-refractivity contribution in [2.24, 2.45) is 0 Å². The highest BCUT2D eigenvalue weighted by Gasteiger charge is 2.14. The number of hydrogen-bond donors (Lipinski definition) is 1. The fourth-order valence-electron chi connectivity index (χ4n) is 2.73. The lowest BCUT2D eigenvalue weighted by molar-refractivity contribution is -0.130. The number of carbonyl (C=O) groups is 2. The van der Waals surface area contributed by atoms with Crippen LogP contribution in [0, 0.1) is 5.82 Å². The van der Waals surface area contributed by atoms with Gasteiger partial charge in [0.05, 0.1) is 0 Å². The molecule has 0 fully saturated rings. The molecule has 1 N–H and O–H groups in total. The molecule has 0 atom stereocenters. The molecule has 6 nitrogen and oxygen atoms in total. The van der Waals surface area contributed by atoms with Gasteiger partial charge < -0.3 is 19.7 Å². The predicted molar refractivity (Wildman–Crippen MR) is 96.5 cm³/mol. The van der Waals surface area contributed by atoms with E-state index < -0.39 is 0 Å². The summed E-state index contributed by atoms with van der Waals surface area (Å²) < 4.78 is 23.6. The van der Waals surface area contributed by atoms with Crippen molar-refractivity contribution in [2.75, 3.05) is 13.3 Å². The number of nitrogens with one attached hydrogen (secondary N) is 1. The zero-order valence-corrected chi connectivity index (χ0v) is 15.0. The molecule has 2 aromatic rings. The van der Waals surface area contributed by atoms with Crippen LogP contribution in [0.15, 0.2) is 42.5 Å². The quantitative estimate of drug-likeness (QED) is 0.811. The summed E-state index contributed by atoms with van der Waals surface area (Å²) in [4.78, 5) is 25.5. The molecule has 7 heteroatoms. The lowest BCUT2D eigenvalue weighted by atomic mass is 10.2. The fraction of sp³-hybridized carbons (Fsp3) is 0.300. The van der Waals surface area contributed by atoms with Gasteiger partial charge in [-0.2, -0.15) is 0 Å². The summed E-state index contributed by atoms with van der Waals surface area (Å²) in [5.41, 5.74) is 1.72. The van der Waals surface area contributed by atoms with Gasteiger partial charge in [-0.15, -0.1) is 0 Å². The third-order valence-corrected chi connectivity index (χ3v) is 4.27. The fourth-order valence-corrected chi connectivity index (χ4v) is 2.73. The van der Waals surface area contributed by atoms with Gasteiger partial charge in [0.2, 0.25) is 18.6 Å². The molecule has 3 rings (SSSR count). The van der Waals surface area contributed by atoms with E-state index in [1.807, 2.05) is 18.2 Å². The van der Waals surface area contributed by atoms with Crippen LogP contribution >= 0.6 is 0 Å². The van der Waals surface area contributed by atoms with E-state index in [4.69, 9.17) is 9.47 Å². The third-order valence-electron chi connectivity index (χ3n) is 4.27. The molecule has 2 amide bonds. The Labute approximate surface area is 156 Å². The van der Waals surface area contributed by atoms with Crippen molar-refractivity contribution in [1.82, 2.24) is 10.2 Å². The first kappa shape index (κ1) is 18.7. The standard InChI is InChI=1S/C20H21FN2O4/c1-14(24)23(12-15-2-5-17(21)6-3-15)9-8-20(25)22-11-16-4-7-18-19(10-16)27-13-26-18/h2-7,10H,8-9,11-13H2,1H3,(H,22,25). The van der Waals surface area contributed by atoms with Gasteiger partial charge in [-0.05, 0) is 35.4 Å². The number of nitrogens with zero attached hydrogens (tertiary/aromatic N) is 1. The molecule has 27 heavy (non-hydrogen) atoms. The number of hydrogen-bond acceptors (Lipinski definition) is 4. The van der Waals surface area contributed by atoms with E-state index in [1.165, 1.54) is 19.1 Å². The Bertz CT molecular complexity index is 823. The van der Waals surface area contributed by atoms with Gasteiger partial charge in [0, 0.05) is 33.0 Å². The van der Waals surface area contributed by atoms with Crippen LogP contribution in [0.2, 0.25) is 0 Å². The maximum atomic E-state index is 13.0. The number of halogens is 1. The SMILES string of the molecule is CC(=O)N(CCC(=O)NCc1ccc2c(c1)OCO2)Cc1ccc(F)cc1. The van der Waals surface area contributed by atoms with E-state index in [0.29, 0.717) is 31.1 Å². The van der Waals surface area contributed by atoms with Crippen LogP contribution in [0.5, 0.6) is 11.5 Å². The summed E-state index contributed by atoms with van der Waals surface area (Å²) in [6.45, 7) is 2.66. The zero-order chi connectivity index (χ0) is 19.2. The average molecular weight is 372 g/mol. The second-order valence-corrected chi connectivity index (χ2v) is 6.28. The van der Waals surface area contributed by atoms with Gasteiger partial charge in [-0.3, -0.25) is 9.59 Å². The van der Waals surface area contributed by atoms with Crippen LogP contribution in [0.4, 0.5) is 4.39 Å². The highest BCUT2D eigenvalue weighted by Crippen LogP contribution is 2.32. The van der Waals surface area contributed by atoms with E-state index in [9.17, 15) is 14.0 Å². The Morgan fingerprint density at radius 3 is 2.52 bits per heavy atom. The van der Waals surface area contributed by atoms with Gasteiger partial charge in [-0.1, -0.05) is 18.2 Å². The first-order chi connectivity index (χ1) is 13.0. The Morgan fingerprint density at radius 1 is 1.07 bits per heavy atom. The highest BCUT2D eigenvalue weighted by molar-refractivity contribution is 5.78. The topological polar surface area (TPSA) is 67.9 Å². The van der Waals surface area contributed by atoms with Crippen LogP contribution in [0.25, 0.3) is 0 Å². The smallest absolute Gasteiger partial charge is 0.231 e. The molecule has 0 unspecified atom stereocenters. The minimum absolute atomic E-state index is 0.136. The summed E-state index contributed by atoms with van der Waals surface area (Å²) in [6, 6.07) is 11.5. The van der Waals surface area contributed by atoms with E-state index in [1.54, 1.807) is 17.0 Å². The van der Waals surface area contributed by atoms with Gasteiger partial charge >= 0.3 is 0 Å². The minimum atomic E-state index is -0.323. The Morgan fingerprint density at radius 2 is 1.78 bits per heavy atom. The molecule has 2 aromatic carbocycles. The maximum absolute atomic E-state index is 13.0. The number of rotatable bonds is 7. The molecule has 0 spiro atoms. The Balaban J connectivity index is 1.47. The summed E-state index contributed by atoms with van der Waals surface area (Å²) in [6.07, 6.45) is 0.186. The van der Waals surface area contributed by atoms with Crippen LogP contribution in [0.3, 0.4) is 0 Å². The van der Waals surface area contributed by atoms with Crippen molar-refractivity contribution in [3.8, 4) is 11.5 Å². The molecule has 1 heterocycles. The summed E-state index contributed by atoms with van der Waals surface area (Å²) in [5, 5.41) is 2.83. The molecule has 0 radical (unpaired) electrons. The van der Waals surface area contributed by atoms with Crippen LogP contribution in [-0.2, 0) is 22.7 Å². The molecule has 142 valence electrons. The van der Waals surface area contributed by atoms with Crippen LogP contribution < -0.4 is 14.8 Å². The van der Waals surface area contributed by atoms with E-state index in [0.717, 1.165) is 11.1 Å². The van der Waals surface area contributed by atoms with Gasteiger partial charge in [0.15, 0.2) is 11.5 Å². The lowest BCUT2D eigenvalue weighted by Gasteiger charge is -2.21. The normalized spacial score (nSPS) is 11.9. The van der Waals surface area contributed by atoms with E-state index >= 15 is 0 Å². The van der Waals surface area contributed by atoms with Gasteiger partial charge in [0.25, 0.3) is 0 Å². The Kier molecular flexibility index (Phi) is 5.90. The largest absolute Gasteiger partial charge is 0.454 e. The minimum Gasteiger partial charge on any atom is -0.454 e. The highest BCUT2D eigenvalue weighted by atomic mass is 19.1. The number of fused-ring (bicyclic) bond motifs is 1. The summed E-state index contributed by atoms with van der Waals surface area (Å²) >= 11 is 0. The molecular weight excluding hydrogens is 351 g/mol. The molecule has 0 saturated carbocycles. The molecule has 1 aliphatic rings. The number of carbonyl (C=O) groups excluding carboxylic acids is 2. The molecular formula is C20H21FN2O4. The molecule has 0 saturated heterocycles. The van der Waals surface area contributed by atoms with Crippen LogP contribution in [0.1, 0.15) is 24.5 Å². The van der Waals surface area contributed by atoms with Crippen molar-refractivity contribution in [3.63, 3.8) is 0 Å². The summed E-state index contributed by atoms with van der Waals surface area (Å²) in [7, 11) is 0. The maximum Gasteiger partial charge on any atom is 0.231 e. The summed E-state index contributed by atoms with van der Waals surface area (Å²) in [5.74, 6) is 0.753. The second-order valence-electron chi connectivity index (χ2n) is 6.28. The first-order valence-corrected chi connectivity index (χ1v) is 8.66. The van der Waals surface area contributed by atoms with E-state index in [2.05, 4.69) is 5.32 Å². The van der Waals surface area contributed by atoms with Crippen molar-refractivity contribution in [3.05, 3.63) is 59.4 Å². The number of ether oxygens (including phenoxy) is 2. The second kappa shape index (κ2) is 8.53. The molecule has 1 aliphatic heterocycles. The Hall–Kier alpha value is -3.09. The van der Waals surface area contributed by atoms with Gasteiger partial charge in [-0.25, -0.2) is 4.39 Å². The molecule has 0 bridgehead atoms. The lowest BCUT2D eigenvalue weighted by Crippen LogP contribution is -2.33. The van der Waals surface area contributed by atoms with Crippen molar-refractivity contribution in [2.45, 2.75) is 26.4 Å². The van der Waals surface area contributed by atoms with Crippen molar-refractivity contribution < 1.29 is 23.5 Å². The average Bonchev–Trinajstić information content (AvgIpc) is 3.12. The third kappa shape index (κ3) is 5.20. The predicted octanol–water partition coefficient (Wildman–Crippen LogP) is 2.61. The van der Waals surface area contributed by atoms with Gasteiger partial charge in [0.1, 0.15) is 5.82 Å². The first-order valence-electron chi connectivity index (χ1n) is 8.66. The number of amides is 2. The molecule has 0 aromatic heterocycles. The van der Waals surface area contributed by atoms with Crippen molar-refractivity contribution in [1.29, 1.82) is 0 Å². The number of benzene rings is 2. The molecule has 0 aliphatic carbocycles. The van der Waals surface area contributed by atoms with Crippen LogP contribution in [-0.4, -0.2) is 30.1 Å². The van der Waals surface area contributed by atoms with E-state index in [-0.39, 0.29) is 30.8 Å².